The maximum absolute atomic E-state index is 11.4. The van der Waals surface area contributed by atoms with Crippen molar-refractivity contribution < 1.29 is 19.8 Å². The minimum Gasteiger partial charge on any atom is -0.480 e. The van der Waals surface area contributed by atoms with E-state index < -0.39 is 24.1 Å². The van der Waals surface area contributed by atoms with Gasteiger partial charge in [-0.3, -0.25) is 5.32 Å². The number of hydrogen-bond acceptors (Lipinski definition) is 5. The number of urea groups is 1. The number of carboxylic acids is 1. The van der Waals surface area contributed by atoms with Crippen molar-refractivity contribution >= 4 is 17.9 Å². The zero-order valence-electron chi connectivity index (χ0n) is 9.28. The maximum Gasteiger partial charge on any atom is 0.328 e. The molecule has 0 saturated heterocycles. The second kappa shape index (κ2) is 5.25. The molecule has 0 spiro atoms. The Balaban J connectivity index is 2.60. The molecule has 0 fully saturated rings. The topological polar surface area (TPSA) is 129 Å². The van der Waals surface area contributed by atoms with Crippen LogP contribution in [-0.2, 0) is 11.8 Å². The second-order valence-electron chi connectivity index (χ2n) is 3.36. The van der Waals surface area contributed by atoms with E-state index in [2.05, 4.69) is 20.7 Å². The van der Waals surface area contributed by atoms with Gasteiger partial charge in [0.15, 0.2) is 6.04 Å². The fourth-order valence-corrected chi connectivity index (χ4v) is 1.08. The van der Waals surface area contributed by atoms with Crippen LogP contribution in [0.2, 0.25) is 0 Å². The first-order chi connectivity index (χ1) is 7.91. The number of aryl methyl sites for hydroxylation is 1. The molecule has 1 aromatic rings. The molecule has 0 aliphatic heterocycles. The molecular formula is C8H13N5O4. The predicted octanol–water partition coefficient (Wildman–Crippen LogP) is -1.23. The zero-order valence-corrected chi connectivity index (χ0v) is 9.28. The monoisotopic (exact) mass is 243 g/mol. The quantitative estimate of drug-likeness (QED) is 0.524. The Morgan fingerprint density at radius 2 is 2.18 bits per heavy atom. The van der Waals surface area contributed by atoms with Gasteiger partial charge in [0.25, 0.3) is 0 Å². The normalized spacial score (nSPS) is 13.8. The number of anilines is 1. The summed E-state index contributed by atoms with van der Waals surface area (Å²) < 4.78 is 1.30. The van der Waals surface area contributed by atoms with Gasteiger partial charge in [-0.2, -0.15) is 10.1 Å². The number of nitrogens with zero attached hydrogens (tertiary/aromatic N) is 3. The molecule has 0 saturated carbocycles. The van der Waals surface area contributed by atoms with Gasteiger partial charge < -0.3 is 15.5 Å². The van der Waals surface area contributed by atoms with Gasteiger partial charge in [0.1, 0.15) is 6.33 Å². The van der Waals surface area contributed by atoms with Gasteiger partial charge in [0.2, 0.25) is 5.95 Å². The van der Waals surface area contributed by atoms with Crippen molar-refractivity contribution in [1.29, 1.82) is 0 Å². The van der Waals surface area contributed by atoms with Crippen LogP contribution in [-0.4, -0.2) is 49.1 Å². The lowest BCUT2D eigenvalue weighted by atomic mass is 10.2. The van der Waals surface area contributed by atoms with Crippen LogP contribution in [0.3, 0.4) is 0 Å². The summed E-state index contributed by atoms with van der Waals surface area (Å²) in [7, 11) is 1.56. The SMILES string of the molecule is C[C@@H](O)[C@H](NC(=O)Nc1ncnn1C)C(=O)O. The van der Waals surface area contributed by atoms with E-state index in [1.54, 1.807) is 7.05 Å². The zero-order chi connectivity index (χ0) is 13.0. The third kappa shape index (κ3) is 3.41. The molecule has 2 amide bonds. The predicted molar refractivity (Wildman–Crippen MR) is 56.3 cm³/mol. The minimum atomic E-state index is -1.39. The van der Waals surface area contributed by atoms with E-state index in [0.717, 1.165) is 0 Å². The summed E-state index contributed by atoms with van der Waals surface area (Å²) in [4.78, 5) is 25.8. The number of aliphatic hydroxyl groups is 1. The summed E-state index contributed by atoms with van der Waals surface area (Å²) in [5.41, 5.74) is 0. The second-order valence-corrected chi connectivity index (χ2v) is 3.36. The van der Waals surface area contributed by atoms with Crippen molar-refractivity contribution in [2.24, 2.45) is 7.05 Å². The molecule has 0 aromatic carbocycles. The van der Waals surface area contributed by atoms with Crippen LogP contribution in [0.15, 0.2) is 6.33 Å². The van der Waals surface area contributed by atoms with E-state index in [9.17, 15) is 9.59 Å². The summed E-state index contributed by atoms with van der Waals surface area (Å²) in [5.74, 6) is -1.16. The van der Waals surface area contributed by atoms with Crippen molar-refractivity contribution in [2.75, 3.05) is 5.32 Å². The fourth-order valence-electron chi connectivity index (χ4n) is 1.08. The molecule has 4 N–H and O–H groups in total. The molecule has 0 bridgehead atoms. The molecule has 94 valence electrons. The van der Waals surface area contributed by atoms with Gasteiger partial charge in [-0.15, -0.1) is 0 Å². The smallest absolute Gasteiger partial charge is 0.328 e. The highest BCUT2D eigenvalue weighted by molar-refractivity contribution is 5.91. The van der Waals surface area contributed by atoms with Gasteiger partial charge in [-0.1, -0.05) is 0 Å². The molecule has 1 rings (SSSR count). The number of aliphatic hydroxyl groups excluding tert-OH is 1. The first kappa shape index (κ1) is 12.9. The lowest BCUT2D eigenvalue weighted by Gasteiger charge is -2.16. The van der Waals surface area contributed by atoms with Gasteiger partial charge in [0, 0.05) is 7.05 Å². The number of carboxylic acid groups (broad SMARTS) is 1. The molecule has 2 atom stereocenters. The average Bonchev–Trinajstić information content (AvgIpc) is 2.60. The van der Waals surface area contributed by atoms with Gasteiger partial charge in [-0.25, -0.2) is 14.3 Å². The minimum absolute atomic E-state index is 0.164. The number of aliphatic carboxylic acids is 1. The molecular weight excluding hydrogens is 230 g/mol. The lowest BCUT2D eigenvalue weighted by Crippen LogP contribution is -2.49. The van der Waals surface area contributed by atoms with E-state index in [-0.39, 0.29) is 5.95 Å². The third-order valence-corrected chi connectivity index (χ3v) is 1.97. The molecule has 17 heavy (non-hydrogen) atoms. The first-order valence-corrected chi connectivity index (χ1v) is 4.74. The maximum atomic E-state index is 11.4. The Hall–Kier alpha value is -2.16. The molecule has 0 aliphatic rings. The van der Waals surface area contributed by atoms with E-state index in [1.807, 2.05) is 0 Å². The van der Waals surface area contributed by atoms with E-state index in [1.165, 1.54) is 17.9 Å². The van der Waals surface area contributed by atoms with Crippen LogP contribution in [0, 0.1) is 0 Å². The van der Waals surface area contributed by atoms with Gasteiger partial charge >= 0.3 is 12.0 Å². The summed E-state index contributed by atoms with van der Waals surface area (Å²) in [5, 5.41) is 26.0. The lowest BCUT2D eigenvalue weighted by molar-refractivity contribution is -0.141. The molecule has 0 unspecified atom stereocenters. The Morgan fingerprint density at radius 3 is 2.59 bits per heavy atom. The van der Waals surface area contributed by atoms with Crippen LogP contribution in [0.4, 0.5) is 10.7 Å². The molecule has 9 heteroatoms. The van der Waals surface area contributed by atoms with E-state index in [0.29, 0.717) is 0 Å². The van der Waals surface area contributed by atoms with Gasteiger partial charge in [-0.05, 0) is 6.92 Å². The Labute approximate surface area is 96.5 Å². The highest BCUT2D eigenvalue weighted by Gasteiger charge is 2.25. The Kier molecular flexibility index (Phi) is 3.99. The summed E-state index contributed by atoms with van der Waals surface area (Å²) in [6.45, 7) is 1.27. The van der Waals surface area contributed by atoms with E-state index >= 15 is 0 Å². The molecule has 1 heterocycles. The molecule has 9 nitrogen and oxygen atoms in total. The third-order valence-electron chi connectivity index (χ3n) is 1.97. The number of rotatable bonds is 4. The number of amides is 2. The van der Waals surface area contributed by atoms with Crippen LogP contribution in [0.1, 0.15) is 6.92 Å². The Morgan fingerprint density at radius 1 is 1.53 bits per heavy atom. The molecule has 0 aliphatic carbocycles. The van der Waals surface area contributed by atoms with Gasteiger partial charge in [0.05, 0.1) is 6.10 Å². The van der Waals surface area contributed by atoms with E-state index in [4.69, 9.17) is 10.2 Å². The van der Waals surface area contributed by atoms with Crippen LogP contribution < -0.4 is 10.6 Å². The van der Waals surface area contributed by atoms with Crippen molar-refractivity contribution in [3.05, 3.63) is 6.33 Å². The number of hydrogen-bond donors (Lipinski definition) is 4. The van der Waals surface area contributed by atoms with Crippen molar-refractivity contribution in [3.63, 3.8) is 0 Å². The van der Waals surface area contributed by atoms with Crippen LogP contribution in [0.5, 0.6) is 0 Å². The van der Waals surface area contributed by atoms with Crippen molar-refractivity contribution in [2.45, 2.75) is 19.1 Å². The first-order valence-electron chi connectivity index (χ1n) is 4.74. The number of nitrogens with one attached hydrogen (secondary N) is 2. The van der Waals surface area contributed by atoms with Crippen molar-refractivity contribution in [3.8, 4) is 0 Å². The van der Waals surface area contributed by atoms with Crippen molar-refractivity contribution in [1.82, 2.24) is 20.1 Å². The average molecular weight is 243 g/mol. The highest BCUT2D eigenvalue weighted by Crippen LogP contribution is 1.99. The molecule has 0 radical (unpaired) electrons. The number of aromatic nitrogens is 3. The standard InChI is InChI=1S/C8H13N5O4/c1-4(14)5(6(15)16)11-8(17)12-7-9-3-10-13(7)2/h3-5,14H,1-2H3,(H,15,16)(H2,9,10,11,12,17)/t4-,5+/m1/s1. The fraction of sp³-hybridized carbons (Fsp3) is 0.500. The molecule has 1 aromatic heterocycles. The summed E-state index contributed by atoms with van der Waals surface area (Å²) in [6, 6.07) is -2.17. The number of carbonyl (C=O) groups is 2. The summed E-state index contributed by atoms with van der Waals surface area (Å²) in [6.07, 6.45) is 0.0247. The highest BCUT2D eigenvalue weighted by atomic mass is 16.4. The largest absolute Gasteiger partial charge is 0.480 e. The summed E-state index contributed by atoms with van der Waals surface area (Å²) >= 11 is 0. The van der Waals surface area contributed by atoms with Crippen LogP contribution >= 0.6 is 0 Å². The number of carbonyl (C=O) groups excluding carboxylic acids is 1. The Bertz CT molecular complexity index is 416. The van der Waals surface area contributed by atoms with Crippen LogP contribution in [0.25, 0.3) is 0 Å².